The molecule has 0 fully saturated rings. The second-order valence-corrected chi connectivity index (χ2v) is 6.36. The van der Waals surface area contributed by atoms with Crippen LogP contribution in [0.15, 0.2) is 24.3 Å². The lowest BCUT2D eigenvalue weighted by Crippen LogP contribution is -2.44. The Morgan fingerprint density at radius 2 is 1.70 bits per heavy atom. The van der Waals surface area contributed by atoms with E-state index in [0.29, 0.717) is 6.42 Å². The zero-order valence-electron chi connectivity index (χ0n) is 15.6. The van der Waals surface area contributed by atoms with Gasteiger partial charge >= 0.3 is 11.9 Å². The second kappa shape index (κ2) is 11.1. The van der Waals surface area contributed by atoms with Gasteiger partial charge in [-0.25, -0.2) is 9.18 Å². The monoisotopic (exact) mass is 381 g/mol. The molecule has 0 unspecified atom stereocenters. The molecule has 0 aliphatic carbocycles. The predicted octanol–water partition coefficient (Wildman–Crippen LogP) is 2.04. The van der Waals surface area contributed by atoms with E-state index in [1.165, 1.54) is 19.2 Å². The first-order chi connectivity index (χ1) is 12.7. The fraction of sp³-hybridized carbons (Fsp3) is 0.474. The summed E-state index contributed by atoms with van der Waals surface area (Å²) in [6.07, 6.45) is 0.0542. The number of esters is 2. The van der Waals surface area contributed by atoms with E-state index in [1.54, 1.807) is 0 Å². The molecule has 0 aliphatic rings. The van der Waals surface area contributed by atoms with E-state index < -0.39 is 36.3 Å². The molecule has 0 aromatic heterocycles. The highest BCUT2D eigenvalue weighted by Crippen LogP contribution is 2.08. The van der Waals surface area contributed by atoms with Gasteiger partial charge in [-0.3, -0.25) is 14.4 Å². The van der Waals surface area contributed by atoms with Gasteiger partial charge in [0, 0.05) is 12.0 Å². The van der Waals surface area contributed by atoms with Gasteiger partial charge in [0.25, 0.3) is 5.91 Å². The first-order valence-corrected chi connectivity index (χ1v) is 8.54. The molecule has 0 bridgehead atoms. The van der Waals surface area contributed by atoms with Crippen LogP contribution in [0.25, 0.3) is 0 Å². The topological polar surface area (TPSA) is 98.8 Å². The van der Waals surface area contributed by atoms with E-state index in [-0.39, 0.29) is 30.1 Å². The first-order valence-electron chi connectivity index (χ1n) is 8.54. The standard InChI is InChI=1S/C19H24FNO6/c1-12(2)10-15(19(25)26-3)21-17(23)11-27-18(24)9-8-16(22)13-4-6-14(20)7-5-13/h4-7,12,15H,8-11H2,1-3H3,(H,21,23)/t15-/m0/s1. The molecule has 0 heterocycles. The Morgan fingerprint density at radius 1 is 1.07 bits per heavy atom. The van der Waals surface area contributed by atoms with Gasteiger partial charge in [-0.1, -0.05) is 13.8 Å². The summed E-state index contributed by atoms with van der Waals surface area (Å²) in [6, 6.07) is 4.16. The zero-order chi connectivity index (χ0) is 20.4. The maximum Gasteiger partial charge on any atom is 0.328 e. The molecular formula is C19H24FNO6. The van der Waals surface area contributed by atoms with Crippen molar-refractivity contribution in [1.82, 2.24) is 5.32 Å². The Morgan fingerprint density at radius 3 is 2.26 bits per heavy atom. The maximum absolute atomic E-state index is 12.8. The number of halogens is 1. The summed E-state index contributed by atoms with van der Waals surface area (Å²) >= 11 is 0. The minimum Gasteiger partial charge on any atom is -0.467 e. The summed E-state index contributed by atoms with van der Waals surface area (Å²) in [5, 5.41) is 2.46. The van der Waals surface area contributed by atoms with Crippen LogP contribution in [0, 0.1) is 11.7 Å². The van der Waals surface area contributed by atoms with Gasteiger partial charge in [0.2, 0.25) is 0 Å². The van der Waals surface area contributed by atoms with Gasteiger partial charge in [0.15, 0.2) is 12.4 Å². The van der Waals surface area contributed by atoms with Crippen molar-refractivity contribution in [2.24, 2.45) is 5.92 Å². The third-order valence-electron chi connectivity index (χ3n) is 3.61. The lowest BCUT2D eigenvalue weighted by atomic mass is 10.0. The summed E-state index contributed by atoms with van der Waals surface area (Å²) in [5.41, 5.74) is 0.288. The Hall–Kier alpha value is -2.77. The number of amides is 1. The molecule has 1 aromatic carbocycles. The SMILES string of the molecule is COC(=O)[C@H](CC(C)C)NC(=O)COC(=O)CCC(=O)c1ccc(F)cc1. The Kier molecular flexibility index (Phi) is 9.12. The van der Waals surface area contributed by atoms with Crippen molar-refractivity contribution in [3.8, 4) is 0 Å². The molecule has 27 heavy (non-hydrogen) atoms. The van der Waals surface area contributed by atoms with Crippen LogP contribution in [0.4, 0.5) is 4.39 Å². The fourth-order valence-electron chi connectivity index (χ4n) is 2.28. The van der Waals surface area contributed by atoms with Gasteiger partial charge < -0.3 is 14.8 Å². The summed E-state index contributed by atoms with van der Waals surface area (Å²) < 4.78 is 22.3. The minimum atomic E-state index is -0.818. The highest BCUT2D eigenvalue weighted by Gasteiger charge is 2.23. The van der Waals surface area contributed by atoms with Gasteiger partial charge in [-0.2, -0.15) is 0 Å². The summed E-state index contributed by atoms with van der Waals surface area (Å²) in [4.78, 5) is 47.1. The van der Waals surface area contributed by atoms with Crippen molar-refractivity contribution in [1.29, 1.82) is 0 Å². The fourth-order valence-corrected chi connectivity index (χ4v) is 2.28. The molecule has 1 rings (SSSR count). The summed E-state index contributed by atoms with van der Waals surface area (Å²) in [5.74, 6) is -2.58. The van der Waals surface area contributed by atoms with Crippen LogP contribution in [0.3, 0.4) is 0 Å². The number of ketones is 1. The Labute approximate surface area is 157 Å². The Bertz CT molecular complexity index is 671. The molecule has 0 saturated heterocycles. The van der Waals surface area contributed by atoms with Crippen LogP contribution < -0.4 is 5.32 Å². The number of carbonyl (C=O) groups excluding carboxylic acids is 4. The average molecular weight is 381 g/mol. The molecule has 1 amide bonds. The van der Waals surface area contributed by atoms with E-state index in [1.807, 2.05) is 13.8 Å². The molecule has 8 heteroatoms. The highest BCUT2D eigenvalue weighted by atomic mass is 19.1. The van der Waals surface area contributed by atoms with Crippen LogP contribution in [-0.2, 0) is 23.9 Å². The Balaban J connectivity index is 2.39. The van der Waals surface area contributed by atoms with Crippen molar-refractivity contribution in [2.75, 3.05) is 13.7 Å². The molecule has 0 saturated carbocycles. The second-order valence-electron chi connectivity index (χ2n) is 6.36. The average Bonchev–Trinajstić information content (AvgIpc) is 2.63. The van der Waals surface area contributed by atoms with Crippen LogP contribution in [0.2, 0.25) is 0 Å². The predicted molar refractivity (Wildman–Crippen MR) is 94.3 cm³/mol. The van der Waals surface area contributed by atoms with Crippen molar-refractivity contribution < 1.29 is 33.0 Å². The molecule has 0 aliphatic heterocycles. The van der Waals surface area contributed by atoms with Gasteiger partial charge in [-0.05, 0) is 36.6 Å². The third kappa shape index (κ3) is 8.44. The van der Waals surface area contributed by atoms with Crippen molar-refractivity contribution in [2.45, 2.75) is 39.2 Å². The third-order valence-corrected chi connectivity index (χ3v) is 3.61. The first kappa shape index (κ1) is 22.3. The van der Waals surface area contributed by atoms with Crippen LogP contribution >= 0.6 is 0 Å². The van der Waals surface area contributed by atoms with E-state index in [2.05, 4.69) is 10.1 Å². The molecule has 1 aromatic rings. The lowest BCUT2D eigenvalue weighted by molar-refractivity contribution is -0.150. The summed E-state index contributed by atoms with van der Waals surface area (Å²) in [7, 11) is 1.22. The maximum atomic E-state index is 12.8. The van der Waals surface area contributed by atoms with Crippen molar-refractivity contribution in [3.63, 3.8) is 0 Å². The number of nitrogens with one attached hydrogen (secondary N) is 1. The number of hydrogen-bond donors (Lipinski definition) is 1. The molecular weight excluding hydrogens is 357 g/mol. The smallest absolute Gasteiger partial charge is 0.328 e. The number of methoxy groups -OCH3 is 1. The normalized spacial score (nSPS) is 11.6. The quantitative estimate of drug-likeness (QED) is 0.492. The van der Waals surface area contributed by atoms with Crippen LogP contribution in [-0.4, -0.2) is 43.4 Å². The van der Waals surface area contributed by atoms with Crippen molar-refractivity contribution >= 4 is 23.6 Å². The highest BCUT2D eigenvalue weighted by molar-refractivity contribution is 5.97. The molecule has 0 radical (unpaired) electrons. The van der Waals surface area contributed by atoms with E-state index in [9.17, 15) is 23.6 Å². The number of Topliss-reactive ketones (excluding diaryl/α,β-unsaturated/α-hetero) is 1. The molecule has 148 valence electrons. The number of hydrogen-bond acceptors (Lipinski definition) is 6. The summed E-state index contributed by atoms with van der Waals surface area (Å²) in [6.45, 7) is 3.22. The van der Waals surface area contributed by atoms with E-state index in [4.69, 9.17) is 4.74 Å². The number of carbonyl (C=O) groups is 4. The van der Waals surface area contributed by atoms with Gasteiger partial charge in [-0.15, -0.1) is 0 Å². The lowest BCUT2D eigenvalue weighted by Gasteiger charge is -2.18. The van der Waals surface area contributed by atoms with Gasteiger partial charge in [0.05, 0.1) is 13.5 Å². The van der Waals surface area contributed by atoms with Crippen LogP contribution in [0.1, 0.15) is 43.5 Å². The number of rotatable bonds is 10. The molecule has 1 N–H and O–H groups in total. The number of ether oxygens (including phenoxy) is 2. The van der Waals surface area contributed by atoms with Gasteiger partial charge in [0.1, 0.15) is 11.9 Å². The molecule has 7 nitrogen and oxygen atoms in total. The number of benzene rings is 1. The molecule has 0 spiro atoms. The van der Waals surface area contributed by atoms with Crippen LogP contribution in [0.5, 0.6) is 0 Å². The van der Waals surface area contributed by atoms with Crippen molar-refractivity contribution in [3.05, 3.63) is 35.6 Å². The minimum absolute atomic E-state index is 0.121. The van der Waals surface area contributed by atoms with E-state index >= 15 is 0 Å². The van der Waals surface area contributed by atoms with E-state index in [0.717, 1.165) is 12.1 Å². The largest absolute Gasteiger partial charge is 0.467 e. The zero-order valence-corrected chi connectivity index (χ0v) is 15.6. The molecule has 1 atom stereocenters.